The number of hydrogen-bond donors (Lipinski definition) is 0. The van der Waals surface area contributed by atoms with Crippen LogP contribution in [0.1, 0.15) is 22.3 Å². The van der Waals surface area contributed by atoms with Gasteiger partial charge in [-0.3, -0.25) is 0 Å². The molecule has 0 aliphatic heterocycles. The van der Waals surface area contributed by atoms with E-state index in [0.29, 0.717) is 0 Å². The summed E-state index contributed by atoms with van der Waals surface area (Å²) < 4.78 is 2.18. The van der Waals surface area contributed by atoms with E-state index in [9.17, 15) is 0 Å². The SMILES string of the molecule is Cc1cc(-c2cccc[n+]2C)c(C)c(C)c1C. The first kappa shape index (κ1) is 11.8. The Morgan fingerprint density at radius 2 is 1.59 bits per heavy atom. The molecule has 2 rings (SSSR count). The van der Waals surface area contributed by atoms with E-state index in [1.54, 1.807) is 0 Å². The lowest BCUT2D eigenvalue weighted by atomic mass is 9.93. The van der Waals surface area contributed by atoms with Crippen molar-refractivity contribution in [1.29, 1.82) is 0 Å². The van der Waals surface area contributed by atoms with Gasteiger partial charge in [-0.15, -0.1) is 0 Å². The van der Waals surface area contributed by atoms with Crippen molar-refractivity contribution in [2.75, 3.05) is 0 Å². The van der Waals surface area contributed by atoms with Crippen molar-refractivity contribution >= 4 is 0 Å². The van der Waals surface area contributed by atoms with Gasteiger partial charge in [-0.2, -0.15) is 0 Å². The molecule has 2 aromatic rings. The number of aromatic nitrogens is 1. The summed E-state index contributed by atoms with van der Waals surface area (Å²) in [5.74, 6) is 0. The number of nitrogens with zero attached hydrogens (tertiary/aromatic N) is 1. The van der Waals surface area contributed by atoms with Crippen LogP contribution in [-0.4, -0.2) is 0 Å². The molecule has 0 aliphatic rings. The highest BCUT2D eigenvalue weighted by Gasteiger charge is 2.14. The van der Waals surface area contributed by atoms with Gasteiger partial charge in [0, 0.05) is 17.7 Å². The third-order valence-electron chi connectivity index (χ3n) is 3.81. The molecule has 0 atom stereocenters. The molecule has 1 heteroatoms. The van der Waals surface area contributed by atoms with Crippen LogP contribution in [0.2, 0.25) is 0 Å². The summed E-state index contributed by atoms with van der Waals surface area (Å²) in [4.78, 5) is 0. The second-order valence-electron chi connectivity index (χ2n) is 4.81. The van der Waals surface area contributed by atoms with Gasteiger partial charge in [-0.05, 0) is 62.1 Å². The predicted octanol–water partition coefficient (Wildman–Crippen LogP) is 3.41. The molecule has 1 nitrogen and oxygen atoms in total. The van der Waals surface area contributed by atoms with Gasteiger partial charge in [-0.25, -0.2) is 4.57 Å². The molecule has 0 saturated carbocycles. The van der Waals surface area contributed by atoms with E-state index in [-0.39, 0.29) is 0 Å². The highest BCUT2D eigenvalue weighted by Crippen LogP contribution is 2.27. The van der Waals surface area contributed by atoms with Crippen LogP contribution in [0.4, 0.5) is 0 Å². The maximum Gasteiger partial charge on any atom is 0.212 e. The average molecular weight is 226 g/mol. The molecule has 0 spiro atoms. The van der Waals surface area contributed by atoms with Gasteiger partial charge in [0.25, 0.3) is 0 Å². The van der Waals surface area contributed by atoms with Crippen LogP contribution >= 0.6 is 0 Å². The van der Waals surface area contributed by atoms with Gasteiger partial charge in [0.2, 0.25) is 5.69 Å². The van der Waals surface area contributed by atoms with Gasteiger partial charge >= 0.3 is 0 Å². The number of aryl methyl sites for hydroxylation is 2. The summed E-state index contributed by atoms with van der Waals surface area (Å²) in [6.07, 6.45) is 2.10. The summed E-state index contributed by atoms with van der Waals surface area (Å²) in [5.41, 5.74) is 8.18. The fourth-order valence-corrected chi connectivity index (χ4v) is 2.28. The maximum absolute atomic E-state index is 2.30. The molecule has 0 unspecified atom stereocenters. The molecule has 1 heterocycles. The summed E-state index contributed by atoms with van der Waals surface area (Å²) in [5, 5.41) is 0. The standard InChI is InChI=1S/C16H20N/c1-11-10-15(14(4)13(3)12(11)2)16-8-6-7-9-17(16)5/h6-10H,1-5H3/q+1. The van der Waals surface area contributed by atoms with E-state index in [1.165, 1.54) is 33.5 Å². The molecule has 88 valence electrons. The van der Waals surface area contributed by atoms with Gasteiger partial charge in [0.1, 0.15) is 7.05 Å². The molecule has 0 fully saturated rings. The lowest BCUT2D eigenvalue weighted by Gasteiger charge is -2.12. The molecule has 0 radical (unpaired) electrons. The zero-order chi connectivity index (χ0) is 12.6. The number of benzene rings is 1. The minimum Gasteiger partial charge on any atom is -0.201 e. The van der Waals surface area contributed by atoms with Crippen LogP contribution in [0.25, 0.3) is 11.3 Å². The summed E-state index contributed by atoms with van der Waals surface area (Å²) >= 11 is 0. The molecule has 0 amide bonds. The first-order chi connectivity index (χ1) is 8.02. The summed E-state index contributed by atoms with van der Waals surface area (Å²) in [7, 11) is 2.10. The smallest absolute Gasteiger partial charge is 0.201 e. The van der Waals surface area contributed by atoms with Crippen molar-refractivity contribution in [3.8, 4) is 11.3 Å². The third kappa shape index (κ3) is 1.97. The topological polar surface area (TPSA) is 3.88 Å². The molecule has 0 aliphatic carbocycles. The number of pyridine rings is 1. The Balaban J connectivity index is 2.73. The van der Waals surface area contributed by atoms with Crippen molar-refractivity contribution in [2.24, 2.45) is 7.05 Å². The Morgan fingerprint density at radius 3 is 2.24 bits per heavy atom. The second kappa shape index (κ2) is 4.33. The Kier molecular flexibility index (Phi) is 3.01. The maximum atomic E-state index is 2.30. The number of rotatable bonds is 1. The zero-order valence-corrected chi connectivity index (χ0v) is 11.3. The Labute approximate surface area is 104 Å². The van der Waals surface area contributed by atoms with E-state index in [1.807, 2.05) is 0 Å². The fourth-order valence-electron chi connectivity index (χ4n) is 2.28. The van der Waals surface area contributed by atoms with Gasteiger partial charge in [-0.1, -0.05) is 0 Å². The van der Waals surface area contributed by atoms with Crippen LogP contribution in [0.5, 0.6) is 0 Å². The third-order valence-corrected chi connectivity index (χ3v) is 3.81. The van der Waals surface area contributed by atoms with Crippen LogP contribution in [-0.2, 0) is 7.05 Å². The van der Waals surface area contributed by atoms with E-state index in [0.717, 1.165) is 0 Å². The average Bonchev–Trinajstić information content (AvgIpc) is 2.32. The van der Waals surface area contributed by atoms with E-state index < -0.39 is 0 Å². The summed E-state index contributed by atoms with van der Waals surface area (Å²) in [6, 6.07) is 8.63. The quantitative estimate of drug-likeness (QED) is 0.656. The largest absolute Gasteiger partial charge is 0.212 e. The molecular weight excluding hydrogens is 206 g/mol. The van der Waals surface area contributed by atoms with E-state index in [4.69, 9.17) is 0 Å². The molecule has 1 aromatic carbocycles. The minimum atomic E-state index is 1.27. The van der Waals surface area contributed by atoms with E-state index >= 15 is 0 Å². The van der Waals surface area contributed by atoms with Gasteiger partial charge in [0.05, 0.1) is 0 Å². The van der Waals surface area contributed by atoms with Crippen LogP contribution in [0.3, 0.4) is 0 Å². The summed E-state index contributed by atoms with van der Waals surface area (Å²) in [6.45, 7) is 8.81. The lowest BCUT2D eigenvalue weighted by Crippen LogP contribution is -2.30. The highest BCUT2D eigenvalue weighted by molar-refractivity contribution is 5.65. The lowest BCUT2D eigenvalue weighted by molar-refractivity contribution is -0.660. The number of hydrogen-bond acceptors (Lipinski definition) is 0. The van der Waals surface area contributed by atoms with Crippen molar-refractivity contribution in [3.05, 3.63) is 52.7 Å². The van der Waals surface area contributed by atoms with Crippen molar-refractivity contribution in [2.45, 2.75) is 27.7 Å². The molecule has 1 aromatic heterocycles. The van der Waals surface area contributed by atoms with Gasteiger partial charge in [0.15, 0.2) is 6.20 Å². The van der Waals surface area contributed by atoms with Crippen LogP contribution in [0.15, 0.2) is 30.5 Å². The van der Waals surface area contributed by atoms with E-state index in [2.05, 4.69) is 69.8 Å². The molecular formula is C16H20N+. The first-order valence-electron chi connectivity index (χ1n) is 6.05. The normalized spacial score (nSPS) is 10.6. The van der Waals surface area contributed by atoms with Crippen molar-refractivity contribution in [3.63, 3.8) is 0 Å². The predicted molar refractivity (Wildman–Crippen MR) is 72.0 cm³/mol. The monoisotopic (exact) mass is 226 g/mol. The second-order valence-corrected chi connectivity index (χ2v) is 4.81. The minimum absolute atomic E-state index is 1.27. The fraction of sp³-hybridized carbons (Fsp3) is 0.312. The van der Waals surface area contributed by atoms with Crippen LogP contribution < -0.4 is 4.57 Å². The van der Waals surface area contributed by atoms with Crippen molar-refractivity contribution < 1.29 is 4.57 Å². The highest BCUT2D eigenvalue weighted by atomic mass is 14.9. The Bertz CT molecular complexity index is 568. The van der Waals surface area contributed by atoms with Gasteiger partial charge < -0.3 is 0 Å². The Morgan fingerprint density at radius 1 is 0.882 bits per heavy atom. The Hall–Kier alpha value is -1.63. The molecule has 0 saturated heterocycles. The van der Waals surface area contributed by atoms with Crippen molar-refractivity contribution in [1.82, 2.24) is 0 Å². The molecule has 0 bridgehead atoms. The first-order valence-corrected chi connectivity index (χ1v) is 6.05. The molecule has 0 N–H and O–H groups in total. The van der Waals surface area contributed by atoms with Crippen LogP contribution in [0, 0.1) is 27.7 Å². The molecule has 17 heavy (non-hydrogen) atoms. The zero-order valence-electron chi connectivity index (χ0n) is 11.3.